The van der Waals surface area contributed by atoms with Gasteiger partial charge in [0.05, 0.1) is 36.2 Å². The lowest BCUT2D eigenvalue weighted by molar-refractivity contribution is -0.132. The zero-order valence-corrected chi connectivity index (χ0v) is 21.3. The van der Waals surface area contributed by atoms with E-state index in [2.05, 4.69) is 6.92 Å². The van der Waals surface area contributed by atoms with Gasteiger partial charge in [0, 0.05) is 11.4 Å². The molecule has 0 aliphatic heterocycles. The minimum Gasteiger partial charge on any atom is -0.497 e. The van der Waals surface area contributed by atoms with Crippen molar-refractivity contribution in [3.8, 4) is 11.4 Å². The summed E-state index contributed by atoms with van der Waals surface area (Å²) in [4.78, 5) is 35.0. The Balaban J connectivity index is 1.82. The topological polar surface area (TPSA) is 64.4 Å². The quantitative estimate of drug-likeness (QED) is 0.265. The number of fused-ring (bicyclic) bond motifs is 1. The molecule has 2 aromatic heterocycles. The van der Waals surface area contributed by atoms with E-state index in [1.807, 2.05) is 71.8 Å². The first-order valence-corrected chi connectivity index (χ1v) is 12.9. The largest absolute Gasteiger partial charge is 0.497 e. The normalized spacial score (nSPS) is 12.0. The summed E-state index contributed by atoms with van der Waals surface area (Å²) in [5, 5.41) is 2.53. The molecular formula is C28H31N3O3S. The van der Waals surface area contributed by atoms with E-state index < -0.39 is 6.04 Å². The molecule has 0 bridgehead atoms. The molecule has 0 aliphatic carbocycles. The average Bonchev–Trinajstić information content (AvgIpc) is 3.39. The molecule has 1 atom stereocenters. The molecule has 4 rings (SSSR count). The second kappa shape index (κ2) is 11.3. The lowest BCUT2D eigenvalue weighted by atomic mass is 10.1. The number of carbonyl (C=O) groups excluding carboxylic acids is 1. The summed E-state index contributed by atoms with van der Waals surface area (Å²) in [6, 6.07) is 18.3. The first kappa shape index (κ1) is 24.7. The third-order valence-corrected chi connectivity index (χ3v) is 7.08. The van der Waals surface area contributed by atoms with Gasteiger partial charge in [-0.15, -0.1) is 11.3 Å². The van der Waals surface area contributed by atoms with Gasteiger partial charge < -0.3 is 9.64 Å². The van der Waals surface area contributed by atoms with Crippen LogP contribution in [0.5, 0.6) is 5.75 Å². The van der Waals surface area contributed by atoms with Crippen molar-refractivity contribution in [3.63, 3.8) is 0 Å². The summed E-state index contributed by atoms with van der Waals surface area (Å²) in [5.74, 6) is 1.30. The Morgan fingerprint density at radius 3 is 2.54 bits per heavy atom. The smallest absolute Gasteiger partial charge is 0.266 e. The van der Waals surface area contributed by atoms with E-state index in [1.165, 1.54) is 0 Å². The number of methoxy groups -OCH3 is 1. The number of benzene rings is 2. The minimum atomic E-state index is -0.390. The van der Waals surface area contributed by atoms with Crippen LogP contribution in [0.4, 0.5) is 0 Å². The lowest BCUT2D eigenvalue weighted by Crippen LogP contribution is -2.38. The lowest BCUT2D eigenvalue weighted by Gasteiger charge is -2.30. The van der Waals surface area contributed by atoms with Crippen LogP contribution in [0.15, 0.2) is 70.8 Å². The number of nitrogens with zero attached hydrogens (tertiary/aromatic N) is 3. The van der Waals surface area contributed by atoms with Crippen LogP contribution in [0.25, 0.3) is 16.6 Å². The molecular weight excluding hydrogens is 458 g/mol. The molecule has 0 N–H and O–H groups in total. The van der Waals surface area contributed by atoms with Crippen molar-refractivity contribution in [1.29, 1.82) is 0 Å². The van der Waals surface area contributed by atoms with Crippen molar-refractivity contribution in [2.24, 2.45) is 0 Å². The maximum atomic E-state index is 13.7. The molecule has 2 heterocycles. The Morgan fingerprint density at radius 1 is 1.09 bits per heavy atom. The first-order valence-electron chi connectivity index (χ1n) is 12.0. The Bertz CT molecular complexity index is 1330. The number of ether oxygens (including phenoxy) is 1. The maximum Gasteiger partial charge on any atom is 0.266 e. The van der Waals surface area contributed by atoms with Gasteiger partial charge in [-0.3, -0.25) is 14.2 Å². The van der Waals surface area contributed by atoms with Crippen molar-refractivity contribution >= 4 is 28.1 Å². The molecule has 2 aromatic carbocycles. The van der Waals surface area contributed by atoms with Crippen molar-refractivity contribution in [1.82, 2.24) is 14.5 Å². The number of aromatic nitrogens is 2. The van der Waals surface area contributed by atoms with Crippen LogP contribution in [0, 0.1) is 0 Å². The fourth-order valence-electron chi connectivity index (χ4n) is 4.28. The summed E-state index contributed by atoms with van der Waals surface area (Å²) < 4.78 is 6.94. The SMILES string of the molecule is CCCCCN(C(=O)Cc1cccs1)C(C)c1nc2ccccc2c(=O)n1-c1ccc(OC)cc1. The minimum absolute atomic E-state index is 0.0414. The van der Waals surface area contributed by atoms with E-state index in [0.29, 0.717) is 41.1 Å². The highest BCUT2D eigenvalue weighted by atomic mass is 32.1. The van der Waals surface area contributed by atoms with Crippen LogP contribution in [0.2, 0.25) is 0 Å². The van der Waals surface area contributed by atoms with Crippen LogP contribution >= 0.6 is 11.3 Å². The number of rotatable bonds is 10. The van der Waals surface area contributed by atoms with Crippen LogP contribution in [-0.2, 0) is 11.2 Å². The van der Waals surface area contributed by atoms with Gasteiger partial charge in [0.15, 0.2) is 0 Å². The van der Waals surface area contributed by atoms with Crippen molar-refractivity contribution in [2.75, 3.05) is 13.7 Å². The van der Waals surface area contributed by atoms with Gasteiger partial charge in [0.25, 0.3) is 5.56 Å². The number of thiophene rings is 1. The van der Waals surface area contributed by atoms with Gasteiger partial charge >= 0.3 is 0 Å². The van der Waals surface area contributed by atoms with E-state index >= 15 is 0 Å². The predicted octanol–water partition coefficient (Wildman–Crippen LogP) is 5.78. The molecule has 0 saturated carbocycles. The Hall–Kier alpha value is -3.45. The third-order valence-electron chi connectivity index (χ3n) is 6.20. The Labute approximate surface area is 209 Å². The average molecular weight is 490 g/mol. The highest BCUT2D eigenvalue weighted by Gasteiger charge is 2.27. The maximum absolute atomic E-state index is 13.7. The summed E-state index contributed by atoms with van der Waals surface area (Å²) >= 11 is 1.58. The fraction of sp³-hybridized carbons (Fsp3) is 0.321. The molecule has 0 aliphatic rings. The predicted molar refractivity (Wildman–Crippen MR) is 142 cm³/mol. The monoisotopic (exact) mass is 489 g/mol. The number of unbranched alkanes of at least 4 members (excludes halogenated alkanes) is 2. The molecule has 0 saturated heterocycles. The van der Waals surface area contributed by atoms with Crippen LogP contribution in [0.1, 0.15) is 49.9 Å². The molecule has 4 aromatic rings. The molecule has 6 nitrogen and oxygen atoms in total. The van der Waals surface area contributed by atoms with Crippen molar-refractivity contribution < 1.29 is 9.53 Å². The zero-order chi connectivity index (χ0) is 24.8. The second-order valence-corrected chi connectivity index (χ2v) is 9.58. The standard InChI is InChI=1S/C28H31N3O3S/c1-4-5-8-17-30(26(32)19-23-10-9-18-35-23)20(2)27-29-25-12-7-6-11-24(25)28(33)31(27)21-13-15-22(34-3)16-14-21/h6-7,9-16,18,20H,4-5,8,17,19H2,1-3H3. The van der Waals surface area contributed by atoms with Crippen LogP contribution in [0.3, 0.4) is 0 Å². The zero-order valence-electron chi connectivity index (χ0n) is 20.4. The van der Waals surface area contributed by atoms with E-state index in [1.54, 1.807) is 29.1 Å². The Kier molecular flexibility index (Phi) is 7.98. The summed E-state index contributed by atoms with van der Waals surface area (Å²) in [6.07, 6.45) is 3.34. The van der Waals surface area contributed by atoms with Gasteiger partial charge in [-0.25, -0.2) is 4.98 Å². The molecule has 7 heteroatoms. The molecule has 0 spiro atoms. The second-order valence-electron chi connectivity index (χ2n) is 8.55. The van der Waals surface area contributed by atoms with Crippen LogP contribution < -0.4 is 10.3 Å². The third kappa shape index (κ3) is 5.46. The van der Waals surface area contributed by atoms with Gasteiger partial charge in [-0.1, -0.05) is 38.0 Å². The van der Waals surface area contributed by atoms with E-state index in [-0.39, 0.29) is 11.5 Å². The van der Waals surface area contributed by atoms with Gasteiger partial charge in [0.1, 0.15) is 11.6 Å². The number of hydrogen-bond acceptors (Lipinski definition) is 5. The molecule has 0 radical (unpaired) electrons. The van der Waals surface area contributed by atoms with E-state index in [9.17, 15) is 9.59 Å². The van der Waals surface area contributed by atoms with Gasteiger partial charge in [-0.2, -0.15) is 0 Å². The Morgan fingerprint density at radius 2 is 1.86 bits per heavy atom. The van der Waals surface area contributed by atoms with Crippen molar-refractivity contribution in [3.05, 3.63) is 87.1 Å². The summed E-state index contributed by atoms with van der Waals surface area (Å²) in [5.41, 5.74) is 1.17. The highest BCUT2D eigenvalue weighted by Crippen LogP contribution is 2.25. The number of carbonyl (C=O) groups is 1. The molecule has 1 unspecified atom stereocenters. The fourth-order valence-corrected chi connectivity index (χ4v) is 4.98. The van der Waals surface area contributed by atoms with E-state index in [0.717, 1.165) is 24.1 Å². The first-order chi connectivity index (χ1) is 17.0. The van der Waals surface area contributed by atoms with E-state index in [4.69, 9.17) is 9.72 Å². The van der Waals surface area contributed by atoms with Crippen molar-refractivity contribution in [2.45, 2.75) is 45.6 Å². The summed E-state index contributed by atoms with van der Waals surface area (Å²) in [6.45, 7) is 4.73. The molecule has 182 valence electrons. The summed E-state index contributed by atoms with van der Waals surface area (Å²) in [7, 11) is 1.61. The molecule has 35 heavy (non-hydrogen) atoms. The number of amides is 1. The van der Waals surface area contributed by atoms with Gasteiger partial charge in [-0.05, 0) is 61.2 Å². The number of hydrogen-bond donors (Lipinski definition) is 0. The molecule has 1 amide bonds. The number of para-hydroxylation sites is 1. The van der Waals surface area contributed by atoms with Crippen LogP contribution in [-0.4, -0.2) is 34.0 Å². The molecule has 0 fully saturated rings. The van der Waals surface area contributed by atoms with Gasteiger partial charge in [0.2, 0.25) is 5.91 Å². The highest BCUT2D eigenvalue weighted by molar-refractivity contribution is 7.10.